The molecule has 1 saturated heterocycles. The summed E-state index contributed by atoms with van der Waals surface area (Å²) in [6.07, 6.45) is 6.79. The van der Waals surface area contributed by atoms with Crippen LogP contribution in [0.1, 0.15) is 60.9 Å². The van der Waals surface area contributed by atoms with E-state index in [1.807, 2.05) is 13.0 Å². The van der Waals surface area contributed by atoms with Gasteiger partial charge in [-0.3, -0.25) is 14.4 Å². The summed E-state index contributed by atoms with van der Waals surface area (Å²) < 4.78 is 0. The molecule has 1 atom stereocenters. The molecule has 0 aromatic heterocycles. The zero-order chi connectivity index (χ0) is 21.5. The van der Waals surface area contributed by atoms with E-state index in [-0.39, 0.29) is 29.6 Å². The molecule has 30 heavy (non-hydrogen) atoms. The van der Waals surface area contributed by atoms with Crippen molar-refractivity contribution in [1.82, 2.24) is 10.2 Å². The molecular weight excluding hydrogens is 380 g/mol. The number of nitrogens with two attached hydrogens (primary N) is 1. The highest BCUT2D eigenvalue weighted by molar-refractivity contribution is 5.98. The van der Waals surface area contributed by atoms with Crippen LogP contribution in [0.3, 0.4) is 0 Å². The smallest absolute Gasteiger partial charge is 0.251 e. The highest BCUT2D eigenvalue weighted by Crippen LogP contribution is 2.27. The molecule has 1 aromatic rings. The summed E-state index contributed by atoms with van der Waals surface area (Å²) in [6, 6.07) is 5.43. The summed E-state index contributed by atoms with van der Waals surface area (Å²) in [7, 11) is 0. The van der Waals surface area contributed by atoms with E-state index >= 15 is 0 Å². The van der Waals surface area contributed by atoms with Gasteiger partial charge in [0.2, 0.25) is 11.8 Å². The number of hydrogen-bond acceptors (Lipinski definition) is 4. The molecule has 7 nitrogen and oxygen atoms in total. The van der Waals surface area contributed by atoms with Crippen molar-refractivity contribution < 1.29 is 14.4 Å². The van der Waals surface area contributed by atoms with Crippen molar-refractivity contribution in [2.45, 2.75) is 51.9 Å². The molecule has 0 unspecified atom stereocenters. The number of hydrogen-bond donors (Lipinski definition) is 3. The van der Waals surface area contributed by atoms with Crippen molar-refractivity contribution in [1.29, 1.82) is 0 Å². The van der Waals surface area contributed by atoms with Gasteiger partial charge in [0, 0.05) is 30.3 Å². The Morgan fingerprint density at radius 1 is 1.10 bits per heavy atom. The molecule has 1 aliphatic heterocycles. The fourth-order valence-corrected chi connectivity index (χ4v) is 4.42. The van der Waals surface area contributed by atoms with Crippen molar-refractivity contribution >= 4 is 23.4 Å². The Hall–Kier alpha value is -2.41. The molecule has 2 fully saturated rings. The predicted octanol–water partition coefficient (Wildman–Crippen LogP) is 2.44. The molecule has 1 aliphatic carbocycles. The monoisotopic (exact) mass is 414 g/mol. The third-order valence-electron chi connectivity index (χ3n) is 6.33. The predicted molar refractivity (Wildman–Crippen MR) is 117 cm³/mol. The Kier molecular flexibility index (Phi) is 7.85. The number of benzene rings is 1. The van der Waals surface area contributed by atoms with Crippen molar-refractivity contribution in [3.8, 4) is 0 Å². The van der Waals surface area contributed by atoms with E-state index in [1.54, 1.807) is 12.1 Å². The van der Waals surface area contributed by atoms with Crippen LogP contribution in [0.25, 0.3) is 0 Å². The zero-order valence-corrected chi connectivity index (χ0v) is 17.9. The van der Waals surface area contributed by atoms with Crippen LogP contribution in [0.4, 0.5) is 5.69 Å². The minimum Gasteiger partial charge on any atom is -0.369 e. The van der Waals surface area contributed by atoms with Gasteiger partial charge in [-0.1, -0.05) is 18.9 Å². The first-order valence-electron chi connectivity index (χ1n) is 11.2. The number of anilines is 1. The van der Waals surface area contributed by atoms with Gasteiger partial charge >= 0.3 is 0 Å². The van der Waals surface area contributed by atoms with Crippen molar-refractivity contribution in [3.63, 3.8) is 0 Å². The minimum absolute atomic E-state index is 0.0567. The first kappa shape index (κ1) is 22.3. The Bertz CT molecular complexity index is 774. The van der Waals surface area contributed by atoms with E-state index in [1.165, 1.54) is 0 Å². The minimum atomic E-state index is -0.219. The van der Waals surface area contributed by atoms with Gasteiger partial charge in [0.15, 0.2) is 0 Å². The highest BCUT2D eigenvalue weighted by atomic mass is 16.2. The molecule has 0 bridgehead atoms. The number of rotatable bonds is 8. The number of piperidine rings is 1. The molecule has 0 spiro atoms. The third kappa shape index (κ3) is 6.05. The lowest BCUT2D eigenvalue weighted by atomic mass is 9.97. The van der Waals surface area contributed by atoms with Crippen molar-refractivity contribution in [2.24, 2.45) is 17.6 Å². The Balaban J connectivity index is 1.46. The van der Waals surface area contributed by atoms with Crippen LogP contribution in [-0.2, 0) is 9.59 Å². The summed E-state index contributed by atoms with van der Waals surface area (Å²) in [5.41, 5.74) is 7.64. The van der Waals surface area contributed by atoms with Crippen LogP contribution in [0.5, 0.6) is 0 Å². The van der Waals surface area contributed by atoms with Crippen LogP contribution in [-0.4, -0.2) is 48.8 Å². The second kappa shape index (κ2) is 10.6. The highest BCUT2D eigenvalue weighted by Gasteiger charge is 2.24. The van der Waals surface area contributed by atoms with Gasteiger partial charge in [-0.25, -0.2) is 0 Å². The molecule has 2 aliphatic rings. The second-order valence-electron chi connectivity index (χ2n) is 8.65. The van der Waals surface area contributed by atoms with Crippen LogP contribution in [0.15, 0.2) is 18.2 Å². The number of aryl methyl sites for hydroxylation is 1. The van der Waals surface area contributed by atoms with E-state index in [0.717, 1.165) is 63.6 Å². The summed E-state index contributed by atoms with van der Waals surface area (Å²) in [6.45, 7) is 5.02. The van der Waals surface area contributed by atoms with Gasteiger partial charge in [0.25, 0.3) is 5.91 Å². The Morgan fingerprint density at radius 3 is 2.57 bits per heavy atom. The van der Waals surface area contributed by atoms with E-state index in [2.05, 4.69) is 15.5 Å². The number of nitrogens with one attached hydrogen (secondary N) is 2. The molecule has 0 radical (unpaired) electrons. The van der Waals surface area contributed by atoms with E-state index in [9.17, 15) is 14.4 Å². The third-order valence-corrected chi connectivity index (χ3v) is 6.33. The maximum absolute atomic E-state index is 12.5. The fourth-order valence-electron chi connectivity index (χ4n) is 4.42. The van der Waals surface area contributed by atoms with Crippen molar-refractivity contribution in [2.75, 3.05) is 31.5 Å². The number of carbonyl (C=O) groups is 3. The van der Waals surface area contributed by atoms with Crippen LogP contribution in [0.2, 0.25) is 0 Å². The van der Waals surface area contributed by atoms with Gasteiger partial charge in [0.1, 0.15) is 0 Å². The lowest BCUT2D eigenvalue weighted by Crippen LogP contribution is -2.42. The molecule has 1 saturated carbocycles. The van der Waals surface area contributed by atoms with Gasteiger partial charge in [-0.15, -0.1) is 0 Å². The molecule has 4 N–H and O–H groups in total. The largest absolute Gasteiger partial charge is 0.369 e. The van der Waals surface area contributed by atoms with Crippen LogP contribution >= 0.6 is 0 Å². The Morgan fingerprint density at radius 2 is 1.83 bits per heavy atom. The summed E-state index contributed by atoms with van der Waals surface area (Å²) in [5, 5.41) is 5.97. The molecule has 3 rings (SSSR count). The number of carbonyl (C=O) groups excluding carboxylic acids is 3. The molecule has 7 heteroatoms. The van der Waals surface area contributed by atoms with Gasteiger partial charge in [0.05, 0.1) is 5.92 Å². The van der Waals surface area contributed by atoms with Crippen molar-refractivity contribution in [3.05, 3.63) is 29.3 Å². The first-order chi connectivity index (χ1) is 14.4. The Labute approximate surface area is 178 Å². The molecule has 1 heterocycles. The van der Waals surface area contributed by atoms with Gasteiger partial charge < -0.3 is 21.3 Å². The zero-order valence-electron chi connectivity index (χ0n) is 17.9. The first-order valence-corrected chi connectivity index (χ1v) is 11.2. The molecule has 3 amide bonds. The topological polar surface area (TPSA) is 105 Å². The molecular formula is C23H34N4O3. The van der Waals surface area contributed by atoms with Crippen LogP contribution < -0.4 is 16.4 Å². The van der Waals surface area contributed by atoms with E-state index in [4.69, 9.17) is 5.73 Å². The van der Waals surface area contributed by atoms with E-state index < -0.39 is 0 Å². The second-order valence-corrected chi connectivity index (χ2v) is 8.65. The average Bonchev–Trinajstić information content (AvgIpc) is 3.28. The summed E-state index contributed by atoms with van der Waals surface area (Å²) >= 11 is 0. The maximum Gasteiger partial charge on any atom is 0.251 e. The van der Waals surface area contributed by atoms with Gasteiger partial charge in [-0.05, 0) is 69.8 Å². The van der Waals surface area contributed by atoms with Crippen LogP contribution in [0, 0.1) is 18.8 Å². The average molecular weight is 415 g/mol. The fraction of sp³-hybridized carbons (Fsp3) is 0.609. The number of likely N-dealkylation sites (tertiary alicyclic amines) is 1. The SMILES string of the molecule is Cc1ccc(C(=O)NCCCN2CCC[C@H](C(N)=O)C2)cc1NC(=O)C1CCCC1. The lowest BCUT2D eigenvalue weighted by Gasteiger charge is -2.31. The standard InChI is InChI=1S/C23H34N4O3/c1-16-9-10-18(14-20(16)26-23(30)17-6-2-3-7-17)22(29)25-11-5-13-27-12-4-8-19(15-27)21(24)28/h9-10,14,17,19H,2-8,11-13,15H2,1H3,(H2,24,28)(H,25,29)(H,26,30)/t19-/m0/s1. The van der Waals surface area contributed by atoms with Gasteiger partial charge in [-0.2, -0.15) is 0 Å². The normalized spacial score (nSPS) is 20.1. The summed E-state index contributed by atoms with van der Waals surface area (Å²) in [4.78, 5) is 38.6. The molecule has 164 valence electrons. The maximum atomic E-state index is 12.5. The lowest BCUT2D eigenvalue weighted by molar-refractivity contribution is -0.123. The van der Waals surface area contributed by atoms with E-state index in [0.29, 0.717) is 24.3 Å². The summed E-state index contributed by atoms with van der Waals surface area (Å²) in [5.74, 6) is -0.267. The quantitative estimate of drug-likeness (QED) is 0.568. The number of primary amides is 1. The number of nitrogens with zero attached hydrogens (tertiary/aromatic N) is 1. The molecule has 1 aromatic carbocycles. The number of amides is 3.